The number of terminal acetylenes is 1. The second-order valence-electron chi connectivity index (χ2n) is 9.67. The molecule has 0 radical (unpaired) electrons. The summed E-state index contributed by atoms with van der Waals surface area (Å²) < 4.78 is 11.4. The van der Waals surface area contributed by atoms with Crippen molar-refractivity contribution in [3.05, 3.63) is 122 Å². The molecule has 0 unspecified atom stereocenters. The Kier molecular flexibility index (Phi) is 9.03. The van der Waals surface area contributed by atoms with E-state index in [2.05, 4.69) is 121 Å². The molecule has 0 saturated carbocycles. The van der Waals surface area contributed by atoms with E-state index in [0.717, 1.165) is 63.3 Å². The standard InChI is InChI=1S/C35H27N4OS.ClH/c1-2-31(40)14-9-23-38-24-21-27(22-25-38)33-20-19-32(34-35(33)37-41-36-34)26-15-17-30(18-16-26)39(28-10-5-3-6-11-28)29-12-7-4-8-13-29;/h1,3-8,10-13,15-22,24-25H,9,14,23H2;1H/q+1;/p-1. The van der Waals surface area contributed by atoms with Gasteiger partial charge in [-0.3, -0.25) is 4.79 Å². The number of rotatable bonds is 9. The quantitative estimate of drug-likeness (QED) is 0.139. The van der Waals surface area contributed by atoms with Crippen LogP contribution in [0.2, 0.25) is 0 Å². The third kappa shape index (κ3) is 6.08. The van der Waals surface area contributed by atoms with Gasteiger partial charge in [-0.2, -0.15) is 8.75 Å². The number of anilines is 3. The Hall–Kier alpha value is -4.83. The Bertz CT molecular complexity index is 1790. The fourth-order valence-corrected chi connectivity index (χ4v) is 5.58. The predicted molar refractivity (Wildman–Crippen MR) is 166 cm³/mol. The van der Waals surface area contributed by atoms with Gasteiger partial charge in [-0.05, 0) is 53.4 Å². The van der Waals surface area contributed by atoms with Crippen LogP contribution < -0.4 is 21.9 Å². The molecule has 5 nitrogen and oxygen atoms in total. The zero-order chi connectivity index (χ0) is 28.0. The molecule has 0 saturated heterocycles. The molecule has 4 aromatic carbocycles. The lowest BCUT2D eigenvalue weighted by atomic mass is 9.98. The molecule has 6 rings (SSSR count). The average Bonchev–Trinajstić information content (AvgIpc) is 3.53. The topological polar surface area (TPSA) is 50.0 Å². The largest absolute Gasteiger partial charge is 1.00 e. The Morgan fingerprint density at radius 2 is 1.21 bits per heavy atom. The molecule has 42 heavy (non-hydrogen) atoms. The molecule has 6 aromatic rings. The molecule has 2 heterocycles. The van der Waals surface area contributed by atoms with Crippen molar-refractivity contribution in [3.63, 3.8) is 0 Å². The molecular formula is C35H27ClN4OS. The van der Waals surface area contributed by atoms with Gasteiger partial charge < -0.3 is 17.3 Å². The first-order valence-electron chi connectivity index (χ1n) is 13.5. The van der Waals surface area contributed by atoms with Crippen molar-refractivity contribution < 1.29 is 21.8 Å². The van der Waals surface area contributed by atoms with Crippen molar-refractivity contribution in [2.75, 3.05) is 4.90 Å². The summed E-state index contributed by atoms with van der Waals surface area (Å²) in [4.78, 5) is 13.6. The van der Waals surface area contributed by atoms with Crippen LogP contribution in [0.5, 0.6) is 0 Å². The highest BCUT2D eigenvalue weighted by atomic mass is 35.5. The van der Waals surface area contributed by atoms with Gasteiger partial charge in [0.1, 0.15) is 17.6 Å². The van der Waals surface area contributed by atoms with Crippen molar-refractivity contribution in [2.45, 2.75) is 19.4 Å². The van der Waals surface area contributed by atoms with Gasteiger partial charge in [-0.25, -0.2) is 4.57 Å². The summed E-state index contributed by atoms with van der Waals surface area (Å²) in [5.41, 5.74) is 9.34. The number of para-hydroxylation sites is 2. The molecule has 0 N–H and O–H groups in total. The highest BCUT2D eigenvalue weighted by Crippen LogP contribution is 2.38. The van der Waals surface area contributed by atoms with E-state index in [-0.39, 0.29) is 18.2 Å². The van der Waals surface area contributed by atoms with Crippen LogP contribution in [0.3, 0.4) is 0 Å². The van der Waals surface area contributed by atoms with E-state index < -0.39 is 0 Å². The molecule has 0 aliphatic heterocycles. The molecular weight excluding hydrogens is 560 g/mol. The highest BCUT2D eigenvalue weighted by Gasteiger charge is 2.16. The lowest BCUT2D eigenvalue weighted by molar-refractivity contribution is -0.697. The number of hydrogen-bond donors (Lipinski definition) is 0. The van der Waals surface area contributed by atoms with E-state index in [1.807, 2.05) is 24.5 Å². The fraction of sp³-hybridized carbons (Fsp3) is 0.0857. The van der Waals surface area contributed by atoms with Gasteiger partial charge in [0, 0.05) is 53.2 Å². The molecule has 0 aliphatic rings. The van der Waals surface area contributed by atoms with E-state index in [1.54, 1.807) is 0 Å². The molecule has 0 atom stereocenters. The molecule has 2 aromatic heterocycles. The lowest BCUT2D eigenvalue weighted by Crippen LogP contribution is -3.00. The van der Waals surface area contributed by atoms with Crippen LogP contribution in [0.15, 0.2) is 122 Å². The Labute approximate surface area is 255 Å². The number of hydrogen-bond acceptors (Lipinski definition) is 5. The number of ketones is 1. The zero-order valence-corrected chi connectivity index (χ0v) is 24.3. The van der Waals surface area contributed by atoms with Crippen LogP contribution in [0.1, 0.15) is 12.8 Å². The second kappa shape index (κ2) is 13.2. The number of fused-ring (bicyclic) bond motifs is 1. The molecule has 0 spiro atoms. The van der Waals surface area contributed by atoms with Gasteiger partial charge in [-0.15, -0.1) is 6.42 Å². The van der Waals surface area contributed by atoms with Gasteiger partial charge in [0.2, 0.25) is 5.78 Å². The molecule has 0 fully saturated rings. The fourth-order valence-electron chi connectivity index (χ4n) is 5.00. The number of aryl methyl sites for hydroxylation is 1. The van der Waals surface area contributed by atoms with Crippen molar-refractivity contribution in [1.29, 1.82) is 0 Å². The van der Waals surface area contributed by atoms with E-state index >= 15 is 0 Å². The highest BCUT2D eigenvalue weighted by molar-refractivity contribution is 7.00. The number of pyridine rings is 1. The SMILES string of the molecule is C#CC(=O)CCC[n+]1ccc(-c2ccc(-c3ccc(N(c4ccccc4)c4ccccc4)cc3)c3nsnc23)cc1.[Cl-]. The molecule has 0 bridgehead atoms. The first-order valence-corrected chi connectivity index (χ1v) is 14.2. The summed E-state index contributed by atoms with van der Waals surface area (Å²) in [6.07, 6.45) is 10.3. The van der Waals surface area contributed by atoms with Crippen molar-refractivity contribution >= 4 is 45.6 Å². The first-order chi connectivity index (χ1) is 20.2. The third-order valence-electron chi connectivity index (χ3n) is 7.06. The van der Waals surface area contributed by atoms with E-state index in [4.69, 9.17) is 6.42 Å². The predicted octanol–water partition coefficient (Wildman–Crippen LogP) is 4.77. The smallest absolute Gasteiger partial charge is 0.205 e. The summed E-state index contributed by atoms with van der Waals surface area (Å²) in [7, 11) is 0. The van der Waals surface area contributed by atoms with E-state index in [1.165, 1.54) is 11.7 Å². The van der Waals surface area contributed by atoms with Gasteiger partial charge in [0.15, 0.2) is 12.4 Å². The van der Waals surface area contributed by atoms with Gasteiger partial charge in [-0.1, -0.05) is 60.7 Å². The van der Waals surface area contributed by atoms with Crippen LogP contribution in [0.4, 0.5) is 17.1 Å². The number of halogens is 1. The second-order valence-corrected chi connectivity index (χ2v) is 10.2. The third-order valence-corrected chi connectivity index (χ3v) is 7.59. The Balaban J connectivity index is 0.00000353. The minimum absolute atomic E-state index is 0. The molecule has 7 heteroatoms. The normalized spacial score (nSPS) is 10.5. The first kappa shape index (κ1) is 28.7. The zero-order valence-electron chi connectivity index (χ0n) is 22.7. The van der Waals surface area contributed by atoms with Crippen LogP contribution in [0, 0.1) is 12.3 Å². The number of aromatic nitrogens is 3. The maximum Gasteiger partial charge on any atom is 0.205 e. The lowest BCUT2D eigenvalue weighted by Gasteiger charge is -2.25. The number of benzene rings is 4. The molecule has 206 valence electrons. The van der Waals surface area contributed by atoms with Crippen molar-refractivity contribution in [2.24, 2.45) is 0 Å². The van der Waals surface area contributed by atoms with Gasteiger partial charge >= 0.3 is 0 Å². The molecule has 0 amide bonds. The van der Waals surface area contributed by atoms with E-state index in [0.29, 0.717) is 6.42 Å². The minimum atomic E-state index is -0.153. The number of nitrogens with zero attached hydrogens (tertiary/aromatic N) is 4. The summed E-state index contributed by atoms with van der Waals surface area (Å²) >= 11 is 1.23. The monoisotopic (exact) mass is 586 g/mol. The van der Waals surface area contributed by atoms with Crippen LogP contribution in [-0.2, 0) is 11.3 Å². The summed E-state index contributed by atoms with van der Waals surface area (Å²) in [5, 5.41) is 0. The van der Waals surface area contributed by atoms with Gasteiger partial charge in [0.05, 0.1) is 11.7 Å². The van der Waals surface area contributed by atoms with E-state index in [9.17, 15) is 4.79 Å². The maximum atomic E-state index is 11.4. The minimum Gasteiger partial charge on any atom is -1.00 e. The van der Waals surface area contributed by atoms with Crippen LogP contribution in [-0.4, -0.2) is 14.5 Å². The average molecular weight is 587 g/mol. The number of Topliss-reactive ketones (excluding diaryl/α,β-unsaturated/α-hetero) is 1. The Morgan fingerprint density at radius 3 is 1.74 bits per heavy atom. The number of carbonyl (C=O) groups is 1. The van der Waals surface area contributed by atoms with Crippen molar-refractivity contribution in [3.8, 4) is 34.6 Å². The molecule has 0 aliphatic carbocycles. The number of carbonyl (C=O) groups excluding carboxylic acids is 1. The van der Waals surface area contributed by atoms with Crippen LogP contribution >= 0.6 is 11.7 Å². The summed E-state index contributed by atoms with van der Waals surface area (Å²) in [6.45, 7) is 0.738. The summed E-state index contributed by atoms with van der Waals surface area (Å²) in [6, 6.07) is 37.8. The maximum absolute atomic E-state index is 11.4. The van der Waals surface area contributed by atoms with Gasteiger partial charge in [0.25, 0.3) is 0 Å². The van der Waals surface area contributed by atoms with Crippen molar-refractivity contribution in [1.82, 2.24) is 8.75 Å². The van der Waals surface area contributed by atoms with Crippen LogP contribution in [0.25, 0.3) is 33.3 Å². The Morgan fingerprint density at radius 1 is 0.714 bits per heavy atom. The summed E-state index contributed by atoms with van der Waals surface area (Å²) in [5.74, 6) is 2.02.